The van der Waals surface area contributed by atoms with E-state index in [1.807, 2.05) is 13.0 Å². The molecule has 1 unspecified atom stereocenters. The summed E-state index contributed by atoms with van der Waals surface area (Å²) in [5.74, 6) is 0. The van der Waals surface area contributed by atoms with Crippen molar-refractivity contribution in [1.29, 1.82) is 0 Å². The van der Waals surface area contributed by atoms with Crippen LogP contribution < -0.4 is 10.5 Å². The van der Waals surface area contributed by atoms with E-state index in [4.69, 9.17) is 28.3 Å². The van der Waals surface area contributed by atoms with Gasteiger partial charge in [-0.05, 0) is 42.8 Å². The topological polar surface area (TPSA) is 72.2 Å². The van der Waals surface area contributed by atoms with Crippen molar-refractivity contribution in [1.82, 2.24) is 0 Å². The number of benzene rings is 2. The number of nitrogens with two attached hydrogens (primary N) is 1. The quantitative estimate of drug-likeness (QED) is 0.885. The summed E-state index contributed by atoms with van der Waals surface area (Å²) in [5, 5.41) is 9.41. The minimum atomic E-state index is -3.72. The zero-order valence-corrected chi connectivity index (χ0v) is 13.5. The van der Waals surface area contributed by atoms with Gasteiger partial charge in [-0.15, -0.1) is 0 Å². The number of primary sulfonamides is 1. The Bertz CT molecular complexity index is 763. The van der Waals surface area contributed by atoms with Crippen LogP contribution in [0.2, 0.25) is 10.0 Å². The van der Waals surface area contributed by atoms with E-state index in [2.05, 4.69) is 5.32 Å². The van der Waals surface area contributed by atoms with Gasteiger partial charge in [-0.2, -0.15) is 0 Å². The predicted octanol–water partition coefficient (Wildman–Crippen LogP) is 3.81. The number of hydrogen-bond donors (Lipinski definition) is 2. The van der Waals surface area contributed by atoms with E-state index in [0.717, 1.165) is 5.56 Å². The van der Waals surface area contributed by atoms with Crippen LogP contribution in [0.25, 0.3) is 0 Å². The second-order valence-electron chi connectivity index (χ2n) is 4.60. The first-order chi connectivity index (χ1) is 9.77. The van der Waals surface area contributed by atoms with Gasteiger partial charge in [0.2, 0.25) is 10.0 Å². The van der Waals surface area contributed by atoms with E-state index < -0.39 is 10.0 Å². The van der Waals surface area contributed by atoms with Gasteiger partial charge in [0, 0.05) is 21.8 Å². The summed E-state index contributed by atoms with van der Waals surface area (Å²) in [6, 6.07) is 11.4. The number of nitrogens with one attached hydrogen (secondary N) is 1. The summed E-state index contributed by atoms with van der Waals surface area (Å²) in [5.41, 5.74) is 1.50. The molecule has 2 rings (SSSR count). The van der Waals surface area contributed by atoms with Crippen molar-refractivity contribution in [3.63, 3.8) is 0 Å². The standard InChI is InChI=1S/C14H14Cl2N2O2S/c1-9(13-6-5-10(15)7-14(13)16)18-11-3-2-4-12(8-11)21(17,19)20/h2-9,18H,1H3,(H2,17,19,20). The number of halogens is 2. The van der Waals surface area contributed by atoms with Gasteiger partial charge in [-0.25, -0.2) is 13.6 Å². The largest absolute Gasteiger partial charge is 0.378 e. The zero-order valence-electron chi connectivity index (χ0n) is 11.2. The van der Waals surface area contributed by atoms with Crippen LogP contribution in [-0.2, 0) is 10.0 Å². The Hall–Kier alpha value is -1.27. The molecule has 0 aliphatic rings. The molecule has 21 heavy (non-hydrogen) atoms. The molecule has 0 heterocycles. The highest BCUT2D eigenvalue weighted by molar-refractivity contribution is 7.89. The fourth-order valence-corrected chi connectivity index (χ4v) is 3.07. The molecule has 112 valence electrons. The summed E-state index contributed by atoms with van der Waals surface area (Å²) in [4.78, 5) is 0.0573. The second-order valence-corrected chi connectivity index (χ2v) is 7.01. The van der Waals surface area contributed by atoms with Crippen LogP contribution in [-0.4, -0.2) is 8.42 Å². The van der Waals surface area contributed by atoms with Crippen LogP contribution in [0, 0.1) is 0 Å². The van der Waals surface area contributed by atoms with Crippen molar-refractivity contribution in [3.05, 3.63) is 58.1 Å². The molecule has 0 radical (unpaired) electrons. The lowest BCUT2D eigenvalue weighted by Crippen LogP contribution is -2.13. The van der Waals surface area contributed by atoms with Crippen molar-refractivity contribution in [2.75, 3.05) is 5.32 Å². The molecule has 0 spiro atoms. The van der Waals surface area contributed by atoms with Crippen LogP contribution in [0.4, 0.5) is 5.69 Å². The van der Waals surface area contributed by atoms with Gasteiger partial charge >= 0.3 is 0 Å². The molecule has 7 heteroatoms. The van der Waals surface area contributed by atoms with E-state index in [1.165, 1.54) is 12.1 Å². The van der Waals surface area contributed by atoms with Crippen LogP contribution in [0.1, 0.15) is 18.5 Å². The highest BCUT2D eigenvalue weighted by Gasteiger charge is 2.12. The summed E-state index contributed by atoms with van der Waals surface area (Å²) < 4.78 is 22.7. The Morgan fingerprint density at radius 1 is 1.14 bits per heavy atom. The van der Waals surface area contributed by atoms with Crippen molar-refractivity contribution < 1.29 is 8.42 Å². The van der Waals surface area contributed by atoms with E-state index >= 15 is 0 Å². The van der Waals surface area contributed by atoms with Gasteiger partial charge in [0.25, 0.3) is 0 Å². The lowest BCUT2D eigenvalue weighted by Gasteiger charge is -2.17. The smallest absolute Gasteiger partial charge is 0.238 e. The Kier molecular flexibility index (Phi) is 4.78. The molecule has 0 bridgehead atoms. The first-order valence-electron chi connectivity index (χ1n) is 6.12. The van der Waals surface area contributed by atoms with Crippen molar-refractivity contribution in [3.8, 4) is 0 Å². The molecule has 0 saturated heterocycles. The molecule has 0 saturated carbocycles. The SMILES string of the molecule is CC(Nc1cccc(S(N)(=O)=O)c1)c1ccc(Cl)cc1Cl. The fraction of sp³-hybridized carbons (Fsp3) is 0.143. The number of rotatable bonds is 4. The average molecular weight is 345 g/mol. The minimum Gasteiger partial charge on any atom is -0.378 e. The molecule has 0 fully saturated rings. The molecule has 2 aromatic rings. The van der Waals surface area contributed by atoms with Crippen molar-refractivity contribution in [2.24, 2.45) is 5.14 Å². The number of anilines is 1. The summed E-state index contributed by atoms with van der Waals surface area (Å²) in [6.45, 7) is 1.92. The lowest BCUT2D eigenvalue weighted by atomic mass is 10.1. The van der Waals surface area contributed by atoms with Gasteiger partial charge in [0.1, 0.15) is 0 Å². The highest BCUT2D eigenvalue weighted by Crippen LogP contribution is 2.28. The maximum atomic E-state index is 11.3. The third-order valence-corrected chi connectivity index (χ3v) is 4.45. The molecule has 2 aromatic carbocycles. The Labute approximate surface area is 133 Å². The van der Waals surface area contributed by atoms with E-state index in [-0.39, 0.29) is 10.9 Å². The second kappa shape index (κ2) is 6.23. The summed E-state index contributed by atoms with van der Waals surface area (Å²) in [6.07, 6.45) is 0. The van der Waals surface area contributed by atoms with Crippen molar-refractivity contribution >= 4 is 38.9 Å². The zero-order chi connectivity index (χ0) is 15.6. The highest BCUT2D eigenvalue weighted by atomic mass is 35.5. The fourth-order valence-electron chi connectivity index (χ4n) is 1.94. The van der Waals surface area contributed by atoms with Crippen LogP contribution in [0.3, 0.4) is 0 Å². The van der Waals surface area contributed by atoms with E-state index in [9.17, 15) is 8.42 Å². The van der Waals surface area contributed by atoms with Crippen molar-refractivity contribution in [2.45, 2.75) is 17.9 Å². The molecule has 3 N–H and O–H groups in total. The van der Waals surface area contributed by atoms with Gasteiger partial charge in [-0.3, -0.25) is 0 Å². The van der Waals surface area contributed by atoms with Crippen LogP contribution in [0.5, 0.6) is 0 Å². The molecular weight excluding hydrogens is 331 g/mol. The number of hydrogen-bond acceptors (Lipinski definition) is 3. The van der Waals surface area contributed by atoms with Gasteiger partial charge in [-0.1, -0.05) is 35.3 Å². The Morgan fingerprint density at radius 2 is 1.86 bits per heavy atom. The molecule has 1 atom stereocenters. The summed E-state index contributed by atoms with van der Waals surface area (Å²) in [7, 11) is -3.72. The maximum absolute atomic E-state index is 11.3. The van der Waals surface area contributed by atoms with Gasteiger partial charge < -0.3 is 5.32 Å². The monoisotopic (exact) mass is 344 g/mol. The Balaban J connectivity index is 2.25. The molecule has 4 nitrogen and oxygen atoms in total. The first-order valence-corrected chi connectivity index (χ1v) is 8.42. The number of sulfonamides is 1. The normalized spacial score (nSPS) is 13.0. The minimum absolute atomic E-state index is 0.0573. The molecule has 0 aliphatic heterocycles. The molecule has 0 amide bonds. The first kappa shape index (κ1) is 16.1. The lowest BCUT2D eigenvalue weighted by molar-refractivity contribution is 0.598. The van der Waals surface area contributed by atoms with Crippen LogP contribution in [0.15, 0.2) is 47.4 Å². The van der Waals surface area contributed by atoms with E-state index in [0.29, 0.717) is 15.7 Å². The molecule has 0 aromatic heterocycles. The summed E-state index contributed by atoms with van der Waals surface area (Å²) >= 11 is 12.0. The third-order valence-electron chi connectivity index (χ3n) is 2.97. The average Bonchev–Trinajstić information content (AvgIpc) is 2.37. The van der Waals surface area contributed by atoms with Gasteiger partial charge in [0.15, 0.2) is 0 Å². The van der Waals surface area contributed by atoms with E-state index in [1.54, 1.807) is 24.3 Å². The van der Waals surface area contributed by atoms with Gasteiger partial charge in [0.05, 0.1) is 4.90 Å². The Morgan fingerprint density at radius 3 is 2.48 bits per heavy atom. The maximum Gasteiger partial charge on any atom is 0.238 e. The molecule has 0 aliphatic carbocycles. The molecular formula is C14H14Cl2N2O2S. The third kappa shape index (κ3) is 4.11. The predicted molar refractivity (Wildman–Crippen MR) is 86.3 cm³/mol. The van der Waals surface area contributed by atoms with Crippen LogP contribution >= 0.6 is 23.2 Å².